The number of carbonyl (C=O) groups is 1. The Morgan fingerprint density at radius 1 is 1.41 bits per heavy atom. The summed E-state index contributed by atoms with van der Waals surface area (Å²) in [4.78, 5) is 11.2. The number of halogens is 1. The highest BCUT2D eigenvalue weighted by Gasteiger charge is 2.05. The van der Waals surface area contributed by atoms with Gasteiger partial charge in [0.1, 0.15) is 5.75 Å². The van der Waals surface area contributed by atoms with Gasteiger partial charge in [-0.3, -0.25) is 4.79 Å². The predicted molar refractivity (Wildman–Crippen MR) is 70.4 cm³/mol. The lowest BCUT2D eigenvalue weighted by molar-refractivity contribution is -0.122. The lowest BCUT2D eigenvalue weighted by Gasteiger charge is -2.08. The van der Waals surface area contributed by atoms with Crippen molar-refractivity contribution in [2.24, 2.45) is 5.73 Å². The summed E-state index contributed by atoms with van der Waals surface area (Å²) in [6.07, 6.45) is 0. The zero-order valence-corrected chi connectivity index (χ0v) is 10.9. The number of hydrogen-bond acceptors (Lipinski definition) is 3. The summed E-state index contributed by atoms with van der Waals surface area (Å²) >= 11 is 0. The van der Waals surface area contributed by atoms with Gasteiger partial charge in [0.05, 0.1) is 12.6 Å². The molecule has 3 N–H and O–H groups in total. The molecule has 1 aromatic rings. The Morgan fingerprint density at radius 2 is 2.00 bits per heavy atom. The van der Waals surface area contributed by atoms with Crippen molar-refractivity contribution >= 4 is 18.3 Å². The molecule has 0 aromatic heterocycles. The van der Waals surface area contributed by atoms with Crippen molar-refractivity contribution in [2.45, 2.75) is 26.4 Å². The highest BCUT2D eigenvalue weighted by atomic mass is 35.5. The minimum atomic E-state index is -0.470. The Labute approximate surface area is 108 Å². The molecule has 0 aliphatic carbocycles. The van der Waals surface area contributed by atoms with Gasteiger partial charge in [0.15, 0.2) is 0 Å². The maximum atomic E-state index is 11.2. The van der Waals surface area contributed by atoms with Crippen LogP contribution in [0.2, 0.25) is 0 Å². The van der Waals surface area contributed by atoms with Gasteiger partial charge < -0.3 is 15.8 Å². The molecule has 0 spiro atoms. The summed E-state index contributed by atoms with van der Waals surface area (Å²) in [5, 5.41) is 2.75. The second-order valence-electron chi connectivity index (χ2n) is 3.58. The molecule has 5 heteroatoms. The quantitative estimate of drug-likeness (QED) is 0.841. The number of hydrogen-bond donors (Lipinski definition) is 2. The maximum absolute atomic E-state index is 11.2. The van der Waals surface area contributed by atoms with Crippen LogP contribution in [0.25, 0.3) is 0 Å². The molecule has 17 heavy (non-hydrogen) atoms. The minimum Gasteiger partial charge on any atom is -0.494 e. The van der Waals surface area contributed by atoms with Crippen LogP contribution in [0.3, 0.4) is 0 Å². The van der Waals surface area contributed by atoms with Crippen LogP contribution in [0, 0.1) is 0 Å². The van der Waals surface area contributed by atoms with Gasteiger partial charge in [0, 0.05) is 6.54 Å². The second-order valence-corrected chi connectivity index (χ2v) is 3.58. The Kier molecular flexibility index (Phi) is 7.34. The van der Waals surface area contributed by atoms with E-state index in [-0.39, 0.29) is 18.3 Å². The molecule has 1 rings (SSSR count). The second kappa shape index (κ2) is 7.92. The molecule has 0 aliphatic rings. The van der Waals surface area contributed by atoms with Crippen molar-refractivity contribution < 1.29 is 9.53 Å². The van der Waals surface area contributed by atoms with Gasteiger partial charge in [0.25, 0.3) is 0 Å². The summed E-state index contributed by atoms with van der Waals surface area (Å²) < 4.78 is 5.32. The molecule has 0 fully saturated rings. The normalized spacial score (nSPS) is 11.2. The van der Waals surface area contributed by atoms with Crippen molar-refractivity contribution in [1.29, 1.82) is 0 Å². The number of amides is 1. The largest absolute Gasteiger partial charge is 0.494 e. The molecule has 0 unspecified atom stereocenters. The van der Waals surface area contributed by atoms with Gasteiger partial charge in [-0.1, -0.05) is 12.1 Å². The fraction of sp³-hybridized carbons (Fsp3) is 0.417. The first-order chi connectivity index (χ1) is 7.63. The van der Waals surface area contributed by atoms with E-state index in [1.54, 1.807) is 6.92 Å². The molecule has 0 radical (unpaired) electrons. The van der Waals surface area contributed by atoms with Gasteiger partial charge in [-0.05, 0) is 31.5 Å². The summed E-state index contributed by atoms with van der Waals surface area (Å²) in [7, 11) is 0. The minimum absolute atomic E-state index is 0. The molecule has 4 nitrogen and oxygen atoms in total. The van der Waals surface area contributed by atoms with Crippen LogP contribution in [0.5, 0.6) is 5.75 Å². The Hall–Kier alpha value is -1.26. The standard InChI is InChI=1S/C12H18N2O2.ClH/c1-3-16-11-6-4-10(5-7-11)8-14-12(15)9(2)13;/h4-7,9H,3,8,13H2,1-2H3,(H,14,15);1H/t9-;/m1./s1. The van der Waals surface area contributed by atoms with E-state index in [9.17, 15) is 4.79 Å². The third kappa shape index (κ3) is 5.56. The van der Waals surface area contributed by atoms with E-state index in [0.29, 0.717) is 13.2 Å². The average molecular weight is 259 g/mol. The van der Waals surface area contributed by atoms with Crippen LogP contribution in [-0.4, -0.2) is 18.6 Å². The van der Waals surface area contributed by atoms with E-state index in [1.807, 2.05) is 31.2 Å². The van der Waals surface area contributed by atoms with Crippen molar-refractivity contribution in [3.05, 3.63) is 29.8 Å². The van der Waals surface area contributed by atoms with E-state index in [2.05, 4.69) is 5.32 Å². The number of ether oxygens (including phenoxy) is 1. The zero-order chi connectivity index (χ0) is 12.0. The fourth-order valence-corrected chi connectivity index (χ4v) is 1.22. The van der Waals surface area contributed by atoms with Crippen LogP contribution in [0.15, 0.2) is 24.3 Å². The predicted octanol–water partition coefficient (Wildman–Crippen LogP) is 1.47. The molecule has 1 amide bonds. The molecule has 0 saturated heterocycles. The number of carbonyl (C=O) groups excluding carboxylic acids is 1. The summed E-state index contributed by atoms with van der Waals surface area (Å²) in [6, 6.07) is 7.15. The van der Waals surface area contributed by atoms with Gasteiger partial charge in [0.2, 0.25) is 5.91 Å². The lowest BCUT2D eigenvalue weighted by Crippen LogP contribution is -2.37. The van der Waals surface area contributed by atoms with Gasteiger partial charge >= 0.3 is 0 Å². The van der Waals surface area contributed by atoms with Gasteiger partial charge in [-0.15, -0.1) is 12.4 Å². The van der Waals surface area contributed by atoms with Crippen molar-refractivity contribution in [3.8, 4) is 5.75 Å². The Balaban J connectivity index is 0.00000256. The Morgan fingerprint density at radius 3 is 2.47 bits per heavy atom. The molecule has 1 atom stereocenters. The van der Waals surface area contributed by atoms with Crippen molar-refractivity contribution in [3.63, 3.8) is 0 Å². The Bertz CT molecular complexity index is 339. The van der Waals surface area contributed by atoms with Crippen LogP contribution >= 0.6 is 12.4 Å². The highest BCUT2D eigenvalue weighted by Crippen LogP contribution is 2.11. The third-order valence-electron chi connectivity index (χ3n) is 2.11. The maximum Gasteiger partial charge on any atom is 0.236 e. The van der Waals surface area contributed by atoms with Gasteiger partial charge in [-0.25, -0.2) is 0 Å². The first kappa shape index (κ1) is 15.7. The lowest BCUT2D eigenvalue weighted by atomic mass is 10.2. The average Bonchev–Trinajstić information content (AvgIpc) is 2.28. The van der Waals surface area contributed by atoms with E-state index < -0.39 is 6.04 Å². The highest BCUT2D eigenvalue weighted by molar-refractivity contribution is 5.85. The van der Waals surface area contributed by atoms with E-state index in [1.165, 1.54) is 0 Å². The fourth-order valence-electron chi connectivity index (χ4n) is 1.22. The first-order valence-corrected chi connectivity index (χ1v) is 5.38. The van der Waals surface area contributed by atoms with E-state index in [0.717, 1.165) is 11.3 Å². The molecule has 96 valence electrons. The summed E-state index contributed by atoms with van der Waals surface area (Å²) in [5.74, 6) is 0.693. The molecular formula is C12H19ClN2O2. The molecule has 0 heterocycles. The molecule has 1 aromatic carbocycles. The van der Waals surface area contributed by atoms with Crippen molar-refractivity contribution in [1.82, 2.24) is 5.32 Å². The van der Waals surface area contributed by atoms with Crippen molar-refractivity contribution in [2.75, 3.05) is 6.61 Å². The van der Waals surface area contributed by atoms with E-state index in [4.69, 9.17) is 10.5 Å². The first-order valence-electron chi connectivity index (χ1n) is 5.38. The van der Waals surface area contributed by atoms with E-state index >= 15 is 0 Å². The van der Waals surface area contributed by atoms with Crippen LogP contribution < -0.4 is 15.8 Å². The summed E-state index contributed by atoms with van der Waals surface area (Å²) in [5.41, 5.74) is 6.46. The number of nitrogens with two attached hydrogens (primary N) is 1. The SMILES string of the molecule is CCOc1ccc(CNC(=O)[C@@H](C)N)cc1.Cl. The molecular weight excluding hydrogens is 240 g/mol. The molecule has 0 aliphatic heterocycles. The molecule has 0 saturated carbocycles. The van der Waals surface area contributed by atoms with Crippen LogP contribution in [0.4, 0.5) is 0 Å². The third-order valence-corrected chi connectivity index (χ3v) is 2.11. The van der Waals surface area contributed by atoms with Crippen LogP contribution in [-0.2, 0) is 11.3 Å². The number of benzene rings is 1. The number of nitrogens with one attached hydrogen (secondary N) is 1. The number of rotatable bonds is 5. The topological polar surface area (TPSA) is 64.3 Å². The zero-order valence-electron chi connectivity index (χ0n) is 10.1. The smallest absolute Gasteiger partial charge is 0.236 e. The monoisotopic (exact) mass is 258 g/mol. The van der Waals surface area contributed by atoms with Gasteiger partial charge in [-0.2, -0.15) is 0 Å². The molecule has 0 bridgehead atoms. The van der Waals surface area contributed by atoms with Crippen LogP contribution in [0.1, 0.15) is 19.4 Å². The summed E-state index contributed by atoms with van der Waals surface area (Å²) in [6.45, 7) is 4.75.